The number of ether oxygens (including phenoxy) is 1. The molecule has 1 aromatic heterocycles. The van der Waals surface area contributed by atoms with Gasteiger partial charge in [-0.1, -0.05) is 17.7 Å². The Hall–Kier alpha value is -2.74. The number of fused-ring (bicyclic) bond motifs is 1. The van der Waals surface area contributed by atoms with Crippen molar-refractivity contribution in [2.45, 2.75) is 77.5 Å². The molecule has 2 fully saturated rings. The molecule has 0 N–H and O–H groups in total. The predicted molar refractivity (Wildman–Crippen MR) is 130 cm³/mol. The number of aryl methyl sites for hydroxylation is 1. The van der Waals surface area contributed by atoms with Crippen molar-refractivity contribution in [2.24, 2.45) is 0 Å². The number of halogens is 1. The van der Waals surface area contributed by atoms with Crippen molar-refractivity contribution in [3.63, 3.8) is 0 Å². The second-order valence-corrected chi connectivity index (χ2v) is 10.4. The molecule has 35 heavy (non-hydrogen) atoms. The Labute approximate surface area is 206 Å². The van der Waals surface area contributed by atoms with E-state index in [2.05, 4.69) is 5.10 Å². The first kappa shape index (κ1) is 24.0. The normalized spacial score (nSPS) is 23.0. The number of morpholine rings is 1. The lowest BCUT2D eigenvalue weighted by Crippen LogP contribution is -2.48. The molecule has 3 heterocycles. The summed E-state index contributed by atoms with van der Waals surface area (Å²) in [5, 5.41) is 4.66. The molecule has 2 aromatic rings. The van der Waals surface area contributed by atoms with Crippen molar-refractivity contribution in [1.82, 2.24) is 19.6 Å². The van der Waals surface area contributed by atoms with Gasteiger partial charge in [-0.3, -0.25) is 14.3 Å². The van der Waals surface area contributed by atoms with E-state index in [-0.39, 0.29) is 42.3 Å². The molecule has 2 atom stereocenters. The van der Waals surface area contributed by atoms with Gasteiger partial charge in [-0.05, 0) is 70.4 Å². The first-order valence-corrected chi connectivity index (χ1v) is 12.9. The first-order chi connectivity index (χ1) is 16.8. The SMILES string of the molecule is Cc1ccc(F)c(C2CCN(C(=O)Cn3nc(C(=O)N4C[C@@H](C)O[C@@H](C)C4)c4c3CCC4)CC2)c1. The number of hydrogen-bond donors (Lipinski definition) is 0. The molecule has 1 aromatic carbocycles. The molecule has 188 valence electrons. The lowest BCUT2D eigenvalue weighted by Gasteiger charge is -2.35. The Bertz CT molecular complexity index is 1110. The zero-order valence-corrected chi connectivity index (χ0v) is 20.9. The van der Waals surface area contributed by atoms with Crippen molar-refractivity contribution in [3.05, 3.63) is 52.1 Å². The van der Waals surface area contributed by atoms with E-state index in [1.54, 1.807) is 10.7 Å². The number of piperidine rings is 1. The predicted octanol–water partition coefficient (Wildman–Crippen LogP) is 3.47. The standard InChI is InChI=1S/C27H35FN4O3/c1-17-7-8-23(28)22(13-17)20-9-11-30(12-10-20)25(33)16-32-24-6-4-5-21(24)26(29-32)27(34)31-14-18(2)35-19(3)15-31/h7-8,13,18-20H,4-6,9-12,14-16H2,1-3H3/t18-,19+. The summed E-state index contributed by atoms with van der Waals surface area (Å²) in [5.41, 5.74) is 4.34. The highest BCUT2D eigenvalue weighted by Gasteiger charge is 2.34. The van der Waals surface area contributed by atoms with E-state index in [4.69, 9.17) is 4.74 Å². The highest BCUT2D eigenvalue weighted by atomic mass is 19.1. The largest absolute Gasteiger partial charge is 0.372 e. The third-order valence-corrected chi connectivity index (χ3v) is 7.64. The van der Waals surface area contributed by atoms with Crippen LogP contribution in [0.4, 0.5) is 4.39 Å². The van der Waals surface area contributed by atoms with Crippen LogP contribution in [0, 0.1) is 12.7 Å². The summed E-state index contributed by atoms with van der Waals surface area (Å²) in [7, 11) is 0. The molecular weight excluding hydrogens is 447 g/mol. The Morgan fingerprint density at radius 3 is 2.51 bits per heavy atom. The number of likely N-dealkylation sites (tertiary alicyclic amines) is 1. The second-order valence-electron chi connectivity index (χ2n) is 10.4. The van der Waals surface area contributed by atoms with Crippen molar-refractivity contribution in [2.75, 3.05) is 26.2 Å². The minimum absolute atomic E-state index is 0.00406. The third-order valence-electron chi connectivity index (χ3n) is 7.64. The average molecular weight is 483 g/mol. The molecule has 2 aliphatic heterocycles. The Balaban J connectivity index is 1.26. The quantitative estimate of drug-likeness (QED) is 0.669. The van der Waals surface area contributed by atoms with Gasteiger partial charge in [0.2, 0.25) is 5.91 Å². The van der Waals surface area contributed by atoms with Crippen LogP contribution in [0.25, 0.3) is 0 Å². The van der Waals surface area contributed by atoms with E-state index in [1.165, 1.54) is 6.07 Å². The molecule has 0 bridgehead atoms. The van der Waals surface area contributed by atoms with Crippen molar-refractivity contribution < 1.29 is 18.7 Å². The molecule has 1 aliphatic carbocycles. The van der Waals surface area contributed by atoms with Crippen LogP contribution in [0.1, 0.15) is 71.9 Å². The fraction of sp³-hybridized carbons (Fsp3) is 0.593. The minimum Gasteiger partial charge on any atom is -0.372 e. The van der Waals surface area contributed by atoms with E-state index in [0.717, 1.165) is 54.5 Å². The molecule has 0 saturated carbocycles. The van der Waals surface area contributed by atoms with Gasteiger partial charge in [-0.25, -0.2) is 4.39 Å². The van der Waals surface area contributed by atoms with Gasteiger partial charge in [0.05, 0.1) is 12.2 Å². The van der Waals surface area contributed by atoms with Crippen LogP contribution in [-0.4, -0.2) is 69.8 Å². The van der Waals surface area contributed by atoms with Gasteiger partial charge in [0.1, 0.15) is 12.4 Å². The summed E-state index contributed by atoms with van der Waals surface area (Å²) in [5.74, 6) is -0.0699. The maximum atomic E-state index is 14.3. The van der Waals surface area contributed by atoms with Gasteiger partial charge in [0, 0.05) is 37.4 Å². The van der Waals surface area contributed by atoms with Crippen LogP contribution >= 0.6 is 0 Å². The van der Waals surface area contributed by atoms with E-state index < -0.39 is 0 Å². The number of aromatic nitrogens is 2. The molecule has 2 amide bonds. The Morgan fingerprint density at radius 1 is 1.09 bits per heavy atom. The Morgan fingerprint density at radius 2 is 1.80 bits per heavy atom. The van der Waals surface area contributed by atoms with E-state index in [1.807, 2.05) is 36.6 Å². The van der Waals surface area contributed by atoms with Crippen LogP contribution < -0.4 is 0 Å². The summed E-state index contributed by atoms with van der Waals surface area (Å²) in [6, 6.07) is 5.26. The minimum atomic E-state index is -0.159. The average Bonchev–Trinajstić information content (AvgIpc) is 3.43. The van der Waals surface area contributed by atoms with Crippen LogP contribution in [-0.2, 0) is 28.9 Å². The summed E-state index contributed by atoms with van der Waals surface area (Å²) >= 11 is 0. The summed E-state index contributed by atoms with van der Waals surface area (Å²) in [6.45, 7) is 8.41. The van der Waals surface area contributed by atoms with E-state index >= 15 is 0 Å². The van der Waals surface area contributed by atoms with Crippen LogP contribution in [0.2, 0.25) is 0 Å². The fourth-order valence-corrected chi connectivity index (χ4v) is 5.95. The maximum absolute atomic E-state index is 14.3. The highest BCUT2D eigenvalue weighted by Crippen LogP contribution is 2.31. The first-order valence-electron chi connectivity index (χ1n) is 12.9. The molecule has 7 nitrogen and oxygen atoms in total. The van der Waals surface area contributed by atoms with Crippen molar-refractivity contribution >= 4 is 11.8 Å². The van der Waals surface area contributed by atoms with Crippen molar-refractivity contribution in [3.8, 4) is 0 Å². The molecule has 2 saturated heterocycles. The second kappa shape index (κ2) is 9.72. The van der Waals surface area contributed by atoms with Crippen LogP contribution in [0.15, 0.2) is 18.2 Å². The zero-order chi connectivity index (χ0) is 24.7. The number of nitrogens with zero attached hydrogens (tertiary/aromatic N) is 4. The fourth-order valence-electron chi connectivity index (χ4n) is 5.95. The van der Waals surface area contributed by atoms with Gasteiger partial charge in [-0.15, -0.1) is 0 Å². The highest BCUT2D eigenvalue weighted by molar-refractivity contribution is 5.94. The van der Waals surface area contributed by atoms with E-state index in [0.29, 0.717) is 31.9 Å². The number of carbonyl (C=O) groups excluding carboxylic acids is 2. The summed E-state index contributed by atoms with van der Waals surface area (Å²) in [4.78, 5) is 30.2. The number of hydrogen-bond acceptors (Lipinski definition) is 4. The number of benzene rings is 1. The molecule has 3 aliphatic rings. The van der Waals surface area contributed by atoms with Crippen molar-refractivity contribution in [1.29, 1.82) is 0 Å². The van der Waals surface area contributed by atoms with Crippen LogP contribution in [0.3, 0.4) is 0 Å². The molecule has 0 unspecified atom stereocenters. The summed E-state index contributed by atoms with van der Waals surface area (Å²) in [6.07, 6.45) is 4.14. The number of amides is 2. The Kier molecular flexibility index (Phi) is 6.66. The molecule has 8 heteroatoms. The lowest BCUT2D eigenvalue weighted by atomic mass is 9.88. The number of carbonyl (C=O) groups is 2. The van der Waals surface area contributed by atoms with Gasteiger partial charge >= 0.3 is 0 Å². The topological polar surface area (TPSA) is 67.7 Å². The van der Waals surface area contributed by atoms with Gasteiger partial charge in [-0.2, -0.15) is 5.10 Å². The van der Waals surface area contributed by atoms with Gasteiger partial charge < -0.3 is 14.5 Å². The third kappa shape index (κ3) is 4.85. The lowest BCUT2D eigenvalue weighted by molar-refractivity contribution is -0.133. The monoisotopic (exact) mass is 482 g/mol. The molecular formula is C27H35FN4O3. The number of rotatable bonds is 4. The van der Waals surface area contributed by atoms with E-state index in [9.17, 15) is 14.0 Å². The van der Waals surface area contributed by atoms with Gasteiger partial charge in [0.25, 0.3) is 5.91 Å². The maximum Gasteiger partial charge on any atom is 0.274 e. The van der Waals surface area contributed by atoms with Gasteiger partial charge in [0.15, 0.2) is 5.69 Å². The molecule has 5 rings (SSSR count). The molecule has 0 spiro atoms. The summed E-state index contributed by atoms with van der Waals surface area (Å²) < 4.78 is 21.9. The molecule has 0 radical (unpaired) electrons. The van der Waals surface area contributed by atoms with Crippen LogP contribution in [0.5, 0.6) is 0 Å². The zero-order valence-electron chi connectivity index (χ0n) is 20.9. The smallest absolute Gasteiger partial charge is 0.274 e.